The Kier molecular flexibility index (Phi) is 9.39. The van der Waals surface area contributed by atoms with Gasteiger partial charge in [0, 0.05) is 30.2 Å². The monoisotopic (exact) mass is 510 g/mol. The molecule has 1 N–H and O–H groups in total. The van der Waals surface area contributed by atoms with E-state index in [1.54, 1.807) is 31.2 Å². The van der Waals surface area contributed by atoms with Crippen LogP contribution in [0.25, 0.3) is 0 Å². The van der Waals surface area contributed by atoms with Gasteiger partial charge in [-0.05, 0) is 37.1 Å². The van der Waals surface area contributed by atoms with Gasteiger partial charge in [0.05, 0.1) is 16.9 Å². The predicted molar refractivity (Wildman–Crippen MR) is 130 cm³/mol. The van der Waals surface area contributed by atoms with Crippen molar-refractivity contribution in [3.05, 3.63) is 69.2 Å². The van der Waals surface area contributed by atoms with E-state index in [9.17, 15) is 28.1 Å². The first kappa shape index (κ1) is 27.1. The van der Waals surface area contributed by atoms with Gasteiger partial charge in [0.15, 0.2) is 0 Å². The number of nitro benzene ring substituents is 1. The van der Waals surface area contributed by atoms with Crippen molar-refractivity contribution in [3.8, 4) is 0 Å². The number of benzene rings is 2. The zero-order valence-electron chi connectivity index (χ0n) is 19.1. The van der Waals surface area contributed by atoms with Gasteiger partial charge in [0.2, 0.25) is 21.8 Å². The number of hydrogen-bond acceptors (Lipinski definition) is 6. The van der Waals surface area contributed by atoms with Crippen LogP contribution in [0.4, 0.5) is 11.4 Å². The van der Waals surface area contributed by atoms with Crippen molar-refractivity contribution in [2.75, 3.05) is 23.7 Å². The van der Waals surface area contributed by atoms with Crippen LogP contribution in [-0.2, 0) is 26.2 Å². The fraction of sp³-hybridized carbons (Fsp3) is 0.364. The van der Waals surface area contributed by atoms with Gasteiger partial charge in [0.25, 0.3) is 5.69 Å². The highest BCUT2D eigenvalue weighted by Crippen LogP contribution is 2.24. The summed E-state index contributed by atoms with van der Waals surface area (Å²) in [5.74, 6) is -1.05. The van der Waals surface area contributed by atoms with Gasteiger partial charge in [-0.15, -0.1) is 0 Å². The van der Waals surface area contributed by atoms with Crippen LogP contribution in [0.1, 0.15) is 25.8 Å². The van der Waals surface area contributed by atoms with E-state index in [2.05, 4.69) is 5.32 Å². The van der Waals surface area contributed by atoms with Crippen LogP contribution in [0, 0.1) is 10.1 Å². The second-order valence-corrected chi connectivity index (χ2v) is 10.0. The number of nitrogens with one attached hydrogen (secondary N) is 1. The molecule has 0 saturated carbocycles. The summed E-state index contributed by atoms with van der Waals surface area (Å²) in [4.78, 5) is 37.8. The molecule has 34 heavy (non-hydrogen) atoms. The predicted octanol–water partition coefficient (Wildman–Crippen LogP) is 2.96. The number of halogens is 1. The summed E-state index contributed by atoms with van der Waals surface area (Å²) in [6.45, 7) is 3.22. The maximum Gasteiger partial charge on any atom is 0.271 e. The molecule has 12 heteroatoms. The van der Waals surface area contributed by atoms with E-state index in [0.717, 1.165) is 16.6 Å². The molecule has 2 aromatic carbocycles. The van der Waals surface area contributed by atoms with E-state index in [1.807, 2.05) is 6.92 Å². The molecule has 0 saturated heterocycles. The van der Waals surface area contributed by atoms with E-state index in [1.165, 1.54) is 23.1 Å². The van der Waals surface area contributed by atoms with Gasteiger partial charge >= 0.3 is 0 Å². The number of sulfonamides is 1. The topological polar surface area (TPSA) is 130 Å². The van der Waals surface area contributed by atoms with Crippen molar-refractivity contribution in [2.45, 2.75) is 32.9 Å². The van der Waals surface area contributed by atoms with Gasteiger partial charge in [-0.2, -0.15) is 0 Å². The molecule has 0 spiro atoms. The average Bonchev–Trinajstić information content (AvgIpc) is 2.78. The molecule has 0 heterocycles. The highest BCUT2D eigenvalue weighted by Gasteiger charge is 2.30. The van der Waals surface area contributed by atoms with Crippen LogP contribution in [0.5, 0.6) is 0 Å². The van der Waals surface area contributed by atoms with Crippen molar-refractivity contribution in [1.82, 2.24) is 10.2 Å². The molecule has 0 aliphatic rings. The first-order valence-corrected chi connectivity index (χ1v) is 12.7. The smallest absolute Gasteiger partial charge is 0.271 e. The lowest BCUT2D eigenvalue weighted by Crippen LogP contribution is -2.51. The summed E-state index contributed by atoms with van der Waals surface area (Å²) in [5, 5.41) is 14.3. The molecule has 0 aromatic heterocycles. The number of anilines is 1. The normalized spacial score (nSPS) is 12.0. The number of nitro groups is 1. The second-order valence-electron chi connectivity index (χ2n) is 7.67. The molecule has 0 aliphatic heterocycles. The summed E-state index contributed by atoms with van der Waals surface area (Å²) in [7, 11) is -3.99. The highest BCUT2D eigenvalue weighted by molar-refractivity contribution is 7.92. The molecule has 2 rings (SSSR count). The molecule has 2 aromatic rings. The van der Waals surface area contributed by atoms with Crippen molar-refractivity contribution in [3.63, 3.8) is 0 Å². The lowest BCUT2D eigenvalue weighted by Gasteiger charge is -2.31. The minimum Gasteiger partial charge on any atom is -0.354 e. The Bertz CT molecular complexity index is 1160. The summed E-state index contributed by atoms with van der Waals surface area (Å²) >= 11 is 6.06. The number of hydrogen-bond donors (Lipinski definition) is 1. The first-order chi connectivity index (χ1) is 15.9. The Hall–Kier alpha value is -3.18. The summed E-state index contributed by atoms with van der Waals surface area (Å²) < 4.78 is 25.8. The molecule has 184 valence electrons. The van der Waals surface area contributed by atoms with Crippen molar-refractivity contribution in [1.29, 1.82) is 0 Å². The van der Waals surface area contributed by atoms with E-state index in [0.29, 0.717) is 23.6 Å². The molecule has 0 radical (unpaired) electrons. The molecule has 1 atom stereocenters. The van der Waals surface area contributed by atoms with Crippen LogP contribution in [0.15, 0.2) is 48.5 Å². The zero-order valence-corrected chi connectivity index (χ0v) is 20.7. The molecular weight excluding hydrogens is 484 g/mol. The molecule has 2 amide bonds. The van der Waals surface area contributed by atoms with E-state index < -0.39 is 39.3 Å². The Morgan fingerprint density at radius 1 is 1.18 bits per heavy atom. The number of non-ortho nitro benzene ring substituents is 1. The third-order valence-corrected chi connectivity index (χ3v) is 6.34. The van der Waals surface area contributed by atoms with Gasteiger partial charge in [-0.3, -0.25) is 24.0 Å². The standard InChI is InChI=1S/C22H27ClN4O6S/c1-4-11-24-22(29)16(2)25(14-17-7-5-8-18(23)12-17)21(28)15-26(34(3,32)33)19-9-6-10-20(13-19)27(30)31/h5-10,12-13,16H,4,11,14-15H2,1-3H3,(H,24,29)/t16-/m0/s1. The van der Waals surface area contributed by atoms with E-state index >= 15 is 0 Å². The van der Waals surface area contributed by atoms with Crippen molar-refractivity contribution < 1.29 is 22.9 Å². The Labute approximate surface area is 203 Å². The van der Waals surface area contributed by atoms with Crippen LogP contribution in [0.3, 0.4) is 0 Å². The summed E-state index contributed by atoms with van der Waals surface area (Å²) in [5.41, 5.74) is 0.301. The minimum absolute atomic E-state index is 0.00659. The van der Waals surface area contributed by atoms with E-state index in [-0.39, 0.29) is 17.9 Å². The second kappa shape index (κ2) is 11.8. The Morgan fingerprint density at radius 2 is 1.85 bits per heavy atom. The van der Waals surface area contributed by atoms with Gasteiger partial charge in [-0.25, -0.2) is 8.42 Å². The largest absolute Gasteiger partial charge is 0.354 e. The van der Waals surface area contributed by atoms with Gasteiger partial charge in [0.1, 0.15) is 12.6 Å². The fourth-order valence-corrected chi connectivity index (χ4v) is 4.24. The average molecular weight is 511 g/mol. The molecule has 0 fully saturated rings. The molecule has 0 unspecified atom stereocenters. The maximum absolute atomic E-state index is 13.4. The summed E-state index contributed by atoms with van der Waals surface area (Å²) in [6.07, 6.45) is 1.60. The number of rotatable bonds is 11. The number of carbonyl (C=O) groups excluding carboxylic acids is 2. The number of carbonyl (C=O) groups is 2. The quantitative estimate of drug-likeness (QED) is 0.365. The van der Waals surface area contributed by atoms with E-state index in [4.69, 9.17) is 11.6 Å². The van der Waals surface area contributed by atoms with Crippen molar-refractivity contribution in [2.24, 2.45) is 0 Å². The van der Waals surface area contributed by atoms with Crippen LogP contribution in [0.2, 0.25) is 5.02 Å². The fourth-order valence-electron chi connectivity index (χ4n) is 3.19. The molecule has 10 nitrogen and oxygen atoms in total. The third kappa shape index (κ3) is 7.42. The third-order valence-electron chi connectivity index (χ3n) is 4.97. The van der Waals surface area contributed by atoms with Gasteiger partial charge < -0.3 is 10.2 Å². The number of nitrogens with zero attached hydrogens (tertiary/aromatic N) is 3. The molecule has 0 aliphatic carbocycles. The molecule has 0 bridgehead atoms. The SMILES string of the molecule is CCCNC(=O)[C@H](C)N(Cc1cccc(Cl)c1)C(=O)CN(c1cccc([N+](=O)[O-])c1)S(C)(=O)=O. The minimum atomic E-state index is -3.99. The zero-order chi connectivity index (χ0) is 25.5. The maximum atomic E-state index is 13.4. The highest BCUT2D eigenvalue weighted by atomic mass is 35.5. The lowest BCUT2D eigenvalue weighted by atomic mass is 10.1. The Morgan fingerprint density at radius 3 is 2.44 bits per heavy atom. The van der Waals surface area contributed by atoms with Gasteiger partial charge in [-0.1, -0.05) is 36.7 Å². The van der Waals surface area contributed by atoms with Crippen molar-refractivity contribution >= 4 is 44.8 Å². The summed E-state index contributed by atoms with van der Waals surface area (Å²) in [6, 6.07) is 10.8. The first-order valence-electron chi connectivity index (χ1n) is 10.5. The van der Waals surface area contributed by atoms with Crippen LogP contribution >= 0.6 is 11.6 Å². The number of amides is 2. The Balaban J connectivity index is 2.41. The lowest BCUT2D eigenvalue weighted by molar-refractivity contribution is -0.384. The molecular formula is C22H27ClN4O6S. The van der Waals surface area contributed by atoms with Crippen LogP contribution < -0.4 is 9.62 Å². The van der Waals surface area contributed by atoms with Crippen LogP contribution in [-0.4, -0.2) is 55.4 Å².